The minimum atomic E-state index is -0.354. The molecule has 0 aromatic rings. The van der Waals surface area contributed by atoms with Gasteiger partial charge in [-0.3, -0.25) is 9.59 Å². The van der Waals surface area contributed by atoms with Gasteiger partial charge in [0.1, 0.15) is 6.54 Å². The predicted octanol–water partition coefficient (Wildman–Crippen LogP) is 0.537. The van der Waals surface area contributed by atoms with Crippen molar-refractivity contribution in [2.24, 2.45) is 5.92 Å². The summed E-state index contributed by atoms with van der Waals surface area (Å²) >= 11 is 0. The van der Waals surface area contributed by atoms with Crippen LogP contribution in [0.1, 0.15) is 33.1 Å². The van der Waals surface area contributed by atoms with Crippen molar-refractivity contribution in [1.29, 1.82) is 0 Å². The molecule has 3 atom stereocenters. The fraction of sp³-hybridized carbons (Fsp3) is 0.846. The van der Waals surface area contributed by atoms with Crippen LogP contribution in [0.4, 0.5) is 0 Å². The normalized spacial score (nSPS) is 29.7. The van der Waals surface area contributed by atoms with Crippen LogP contribution in [-0.4, -0.2) is 48.6 Å². The first-order valence-corrected chi connectivity index (χ1v) is 6.66. The summed E-state index contributed by atoms with van der Waals surface area (Å²) in [6.45, 7) is 3.92. The molecule has 2 aliphatic heterocycles. The zero-order valence-electron chi connectivity index (χ0n) is 11.3. The van der Waals surface area contributed by atoms with E-state index >= 15 is 0 Å². The van der Waals surface area contributed by atoms with Crippen LogP contribution in [0.5, 0.6) is 0 Å². The minimum Gasteiger partial charge on any atom is -0.468 e. The third kappa shape index (κ3) is 2.51. The van der Waals surface area contributed by atoms with Crippen LogP contribution >= 0.6 is 0 Å². The average Bonchev–Trinajstić information content (AvgIpc) is 2.96. The highest BCUT2D eigenvalue weighted by molar-refractivity contribution is 5.84. The predicted molar refractivity (Wildman–Crippen MR) is 66.9 cm³/mol. The van der Waals surface area contributed by atoms with Crippen molar-refractivity contribution >= 4 is 11.9 Å². The van der Waals surface area contributed by atoms with Crippen molar-refractivity contribution in [3.63, 3.8) is 0 Å². The molecule has 0 aromatic heterocycles. The van der Waals surface area contributed by atoms with Crippen molar-refractivity contribution < 1.29 is 14.3 Å². The number of carbonyl (C=O) groups excluding carboxylic acids is 2. The SMILES string of the molecule is COC(=O)CN(C(=O)C1CC2CCC1N2)C(C)C. The molecule has 2 fully saturated rings. The van der Waals surface area contributed by atoms with Crippen LogP contribution in [-0.2, 0) is 14.3 Å². The van der Waals surface area contributed by atoms with Crippen LogP contribution in [0, 0.1) is 5.92 Å². The molecule has 0 aromatic carbocycles. The Hall–Kier alpha value is -1.10. The number of hydrogen-bond acceptors (Lipinski definition) is 4. The molecule has 2 aliphatic rings. The molecule has 2 heterocycles. The molecule has 5 nitrogen and oxygen atoms in total. The van der Waals surface area contributed by atoms with Crippen molar-refractivity contribution in [3.8, 4) is 0 Å². The quantitative estimate of drug-likeness (QED) is 0.744. The highest BCUT2D eigenvalue weighted by atomic mass is 16.5. The Morgan fingerprint density at radius 1 is 1.39 bits per heavy atom. The molecule has 0 spiro atoms. The molecule has 102 valence electrons. The molecular weight excluding hydrogens is 232 g/mol. The van der Waals surface area contributed by atoms with Crippen LogP contribution in [0.2, 0.25) is 0 Å². The maximum absolute atomic E-state index is 12.5. The summed E-state index contributed by atoms with van der Waals surface area (Å²) in [5.41, 5.74) is 0. The Labute approximate surface area is 108 Å². The fourth-order valence-corrected chi connectivity index (χ4v) is 3.03. The van der Waals surface area contributed by atoms with Gasteiger partial charge in [0.15, 0.2) is 0 Å². The lowest BCUT2D eigenvalue weighted by atomic mass is 9.88. The second-order valence-electron chi connectivity index (χ2n) is 5.53. The van der Waals surface area contributed by atoms with Crippen LogP contribution in [0.15, 0.2) is 0 Å². The minimum absolute atomic E-state index is 0.0238. The summed E-state index contributed by atoms with van der Waals surface area (Å²) in [6.07, 6.45) is 3.16. The summed E-state index contributed by atoms with van der Waals surface area (Å²) in [4.78, 5) is 25.5. The molecule has 0 saturated carbocycles. The van der Waals surface area contributed by atoms with Gasteiger partial charge in [0.2, 0.25) is 5.91 Å². The zero-order valence-corrected chi connectivity index (χ0v) is 11.3. The lowest BCUT2D eigenvalue weighted by molar-refractivity contribution is -0.150. The Bertz CT molecular complexity index is 343. The second kappa shape index (κ2) is 5.26. The number of hydrogen-bond donors (Lipinski definition) is 1. The zero-order chi connectivity index (χ0) is 13.3. The first kappa shape index (κ1) is 13.3. The Balaban J connectivity index is 2.02. The summed E-state index contributed by atoms with van der Waals surface area (Å²) < 4.78 is 4.66. The summed E-state index contributed by atoms with van der Waals surface area (Å²) in [7, 11) is 1.35. The van der Waals surface area contributed by atoms with Gasteiger partial charge in [-0.1, -0.05) is 0 Å². The first-order valence-electron chi connectivity index (χ1n) is 6.66. The van der Waals surface area contributed by atoms with Crippen molar-refractivity contribution in [2.45, 2.75) is 51.2 Å². The summed E-state index contributed by atoms with van der Waals surface area (Å²) in [5.74, 6) is -0.223. The molecule has 0 aliphatic carbocycles. The molecule has 1 amide bonds. The van der Waals surface area contributed by atoms with Crippen LogP contribution < -0.4 is 5.32 Å². The number of ether oxygens (including phenoxy) is 1. The van der Waals surface area contributed by atoms with E-state index in [9.17, 15) is 9.59 Å². The number of amides is 1. The van der Waals surface area contributed by atoms with E-state index in [0.717, 1.165) is 12.8 Å². The van der Waals surface area contributed by atoms with Gasteiger partial charge in [0, 0.05) is 18.1 Å². The summed E-state index contributed by atoms with van der Waals surface area (Å²) in [6, 6.07) is 0.827. The molecule has 2 bridgehead atoms. The van der Waals surface area contributed by atoms with Crippen molar-refractivity contribution in [1.82, 2.24) is 10.2 Å². The lowest BCUT2D eigenvalue weighted by Crippen LogP contribution is -2.46. The van der Waals surface area contributed by atoms with Gasteiger partial charge < -0.3 is 15.0 Å². The van der Waals surface area contributed by atoms with Gasteiger partial charge >= 0.3 is 5.97 Å². The molecule has 1 N–H and O–H groups in total. The van der Waals surface area contributed by atoms with Gasteiger partial charge in [-0.15, -0.1) is 0 Å². The lowest BCUT2D eigenvalue weighted by Gasteiger charge is -2.30. The molecule has 2 rings (SSSR count). The smallest absolute Gasteiger partial charge is 0.325 e. The second-order valence-corrected chi connectivity index (χ2v) is 5.53. The van der Waals surface area contributed by atoms with Crippen LogP contribution in [0.25, 0.3) is 0 Å². The van der Waals surface area contributed by atoms with E-state index in [1.165, 1.54) is 13.5 Å². The fourth-order valence-electron chi connectivity index (χ4n) is 3.03. The molecule has 18 heavy (non-hydrogen) atoms. The number of methoxy groups -OCH3 is 1. The van der Waals surface area contributed by atoms with E-state index in [2.05, 4.69) is 10.1 Å². The van der Waals surface area contributed by atoms with E-state index in [0.29, 0.717) is 12.1 Å². The third-order valence-corrected chi connectivity index (χ3v) is 4.05. The highest BCUT2D eigenvalue weighted by Crippen LogP contribution is 2.34. The van der Waals surface area contributed by atoms with E-state index < -0.39 is 0 Å². The Morgan fingerprint density at radius 3 is 2.56 bits per heavy atom. The Morgan fingerprint density at radius 2 is 2.11 bits per heavy atom. The first-order chi connectivity index (χ1) is 8.52. The average molecular weight is 254 g/mol. The summed E-state index contributed by atoms with van der Waals surface area (Å²) in [5, 5.41) is 3.46. The standard InChI is InChI=1S/C13H22N2O3/c1-8(2)15(7-12(16)18-3)13(17)10-6-9-4-5-11(10)14-9/h8-11,14H,4-7H2,1-3H3. The monoisotopic (exact) mass is 254 g/mol. The van der Waals surface area contributed by atoms with Gasteiger partial charge in [-0.25, -0.2) is 0 Å². The van der Waals surface area contributed by atoms with E-state index in [1.54, 1.807) is 4.90 Å². The molecule has 0 radical (unpaired) electrons. The number of nitrogens with zero attached hydrogens (tertiary/aromatic N) is 1. The number of esters is 1. The third-order valence-electron chi connectivity index (χ3n) is 4.05. The number of rotatable bonds is 4. The van der Waals surface area contributed by atoms with E-state index in [4.69, 9.17) is 0 Å². The number of carbonyl (C=O) groups is 2. The largest absolute Gasteiger partial charge is 0.468 e. The van der Waals surface area contributed by atoms with Gasteiger partial charge in [0.25, 0.3) is 0 Å². The van der Waals surface area contributed by atoms with E-state index in [1.807, 2.05) is 13.8 Å². The van der Waals surface area contributed by atoms with E-state index in [-0.39, 0.29) is 30.4 Å². The van der Waals surface area contributed by atoms with Crippen molar-refractivity contribution in [3.05, 3.63) is 0 Å². The maximum Gasteiger partial charge on any atom is 0.325 e. The molecule has 5 heteroatoms. The molecule has 2 saturated heterocycles. The van der Waals surface area contributed by atoms with Crippen molar-refractivity contribution in [2.75, 3.05) is 13.7 Å². The highest BCUT2D eigenvalue weighted by Gasteiger charge is 2.44. The molecular formula is C13H22N2O3. The van der Waals surface area contributed by atoms with Gasteiger partial charge in [0.05, 0.1) is 13.0 Å². The topological polar surface area (TPSA) is 58.6 Å². The number of fused-ring (bicyclic) bond motifs is 2. The number of nitrogens with one attached hydrogen (secondary N) is 1. The van der Waals surface area contributed by atoms with Gasteiger partial charge in [-0.2, -0.15) is 0 Å². The maximum atomic E-state index is 12.5. The van der Waals surface area contributed by atoms with Gasteiger partial charge in [-0.05, 0) is 33.1 Å². The molecule has 3 unspecified atom stereocenters. The van der Waals surface area contributed by atoms with Crippen LogP contribution in [0.3, 0.4) is 0 Å². The Kier molecular flexibility index (Phi) is 3.90.